The summed E-state index contributed by atoms with van der Waals surface area (Å²) in [4.78, 5) is 11.8. The van der Waals surface area contributed by atoms with Crippen LogP contribution in [0.5, 0.6) is 0 Å². The van der Waals surface area contributed by atoms with Gasteiger partial charge in [0.15, 0.2) is 0 Å². The van der Waals surface area contributed by atoms with Gasteiger partial charge in [0.05, 0.1) is 11.5 Å². The normalized spacial score (nSPS) is 31.2. The maximum Gasteiger partial charge on any atom is 0.308 e. The number of rotatable bonds is 4. The highest BCUT2D eigenvalue weighted by Gasteiger charge is 2.28. The summed E-state index contributed by atoms with van der Waals surface area (Å²) >= 11 is 0. The van der Waals surface area contributed by atoms with E-state index in [-0.39, 0.29) is 18.0 Å². The van der Waals surface area contributed by atoms with Gasteiger partial charge >= 0.3 is 5.97 Å². The second kappa shape index (κ2) is 7.13. The van der Waals surface area contributed by atoms with Crippen LogP contribution in [0.4, 0.5) is 0 Å². The van der Waals surface area contributed by atoms with E-state index < -0.39 is 5.60 Å². The van der Waals surface area contributed by atoms with Crippen molar-refractivity contribution in [1.29, 1.82) is 0 Å². The van der Waals surface area contributed by atoms with E-state index in [0.29, 0.717) is 0 Å². The molecule has 3 nitrogen and oxygen atoms in total. The average molecular weight is 256 g/mol. The predicted octanol–water partition coefficient (Wildman–Crippen LogP) is 3.44. The highest BCUT2D eigenvalue weighted by Crippen LogP contribution is 2.30. The highest BCUT2D eigenvalue weighted by atomic mass is 16.5. The van der Waals surface area contributed by atoms with Crippen molar-refractivity contribution >= 4 is 5.97 Å². The van der Waals surface area contributed by atoms with Crippen LogP contribution in [-0.2, 0) is 9.53 Å². The molecule has 106 valence electrons. The van der Waals surface area contributed by atoms with E-state index in [4.69, 9.17) is 4.74 Å². The molecule has 1 fully saturated rings. The van der Waals surface area contributed by atoms with E-state index in [1.165, 1.54) is 0 Å². The minimum atomic E-state index is -0.480. The number of ether oxygens (including phenoxy) is 1. The molecule has 1 atom stereocenters. The van der Waals surface area contributed by atoms with Gasteiger partial charge in [0.25, 0.3) is 0 Å². The first-order valence-corrected chi connectivity index (χ1v) is 7.43. The van der Waals surface area contributed by atoms with Gasteiger partial charge in [0.2, 0.25) is 0 Å². The first-order valence-electron chi connectivity index (χ1n) is 7.43. The lowest BCUT2D eigenvalue weighted by atomic mass is 9.84. The zero-order valence-corrected chi connectivity index (χ0v) is 12.1. The van der Waals surface area contributed by atoms with E-state index in [1.54, 1.807) is 0 Å². The van der Waals surface area contributed by atoms with Gasteiger partial charge in [-0.2, -0.15) is 0 Å². The van der Waals surface area contributed by atoms with Gasteiger partial charge < -0.3 is 9.84 Å². The van der Waals surface area contributed by atoms with E-state index >= 15 is 0 Å². The van der Waals surface area contributed by atoms with Gasteiger partial charge in [-0.05, 0) is 51.4 Å². The Morgan fingerprint density at radius 3 is 2.33 bits per heavy atom. The third-order valence-corrected chi connectivity index (χ3v) is 4.29. The first-order chi connectivity index (χ1) is 8.50. The first kappa shape index (κ1) is 15.5. The summed E-state index contributed by atoms with van der Waals surface area (Å²) in [5, 5.41) is 10.3. The molecule has 18 heavy (non-hydrogen) atoms. The standard InChI is InChI=1S/C15H28O3/c1-4-12(3)14(16)18-13-8-6-10-15(17,5-2)11-7-9-13/h12-13,17H,4-11H2,1-3H3. The zero-order chi connectivity index (χ0) is 13.6. The number of carbonyl (C=O) groups excluding carboxylic acids is 1. The zero-order valence-electron chi connectivity index (χ0n) is 12.1. The van der Waals surface area contributed by atoms with E-state index in [1.807, 2.05) is 20.8 Å². The second-order valence-corrected chi connectivity index (χ2v) is 5.73. The minimum Gasteiger partial charge on any atom is -0.462 e. The Morgan fingerprint density at radius 1 is 1.33 bits per heavy atom. The maximum atomic E-state index is 11.8. The van der Waals surface area contributed by atoms with Crippen LogP contribution in [0, 0.1) is 5.92 Å². The molecule has 0 aliphatic heterocycles. The topological polar surface area (TPSA) is 46.5 Å². The number of esters is 1. The van der Waals surface area contributed by atoms with Crippen LogP contribution in [0.2, 0.25) is 0 Å². The molecule has 0 aromatic heterocycles. The lowest BCUT2D eigenvalue weighted by Gasteiger charge is -2.31. The summed E-state index contributed by atoms with van der Waals surface area (Å²) in [7, 11) is 0. The fourth-order valence-corrected chi connectivity index (χ4v) is 2.51. The number of aliphatic hydroxyl groups is 1. The van der Waals surface area contributed by atoms with Crippen molar-refractivity contribution in [2.75, 3.05) is 0 Å². The van der Waals surface area contributed by atoms with Crippen LogP contribution >= 0.6 is 0 Å². The van der Waals surface area contributed by atoms with Crippen LogP contribution in [0.3, 0.4) is 0 Å². The molecule has 1 aliphatic rings. The molecular formula is C15H28O3. The van der Waals surface area contributed by atoms with Crippen molar-refractivity contribution in [3.63, 3.8) is 0 Å². The average Bonchev–Trinajstić information content (AvgIpc) is 2.34. The fraction of sp³-hybridized carbons (Fsp3) is 0.933. The van der Waals surface area contributed by atoms with Crippen LogP contribution in [0.1, 0.15) is 72.1 Å². The van der Waals surface area contributed by atoms with Crippen molar-refractivity contribution in [2.24, 2.45) is 5.92 Å². The maximum absolute atomic E-state index is 11.8. The van der Waals surface area contributed by atoms with E-state index in [2.05, 4.69) is 0 Å². The molecule has 1 unspecified atom stereocenters. The van der Waals surface area contributed by atoms with Gasteiger partial charge in [-0.1, -0.05) is 20.8 Å². The smallest absolute Gasteiger partial charge is 0.308 e. The summed E-state index contributed by atoms with van der Waals surface area (Å²) in [6.45, 7) is 5.97. The minimum absolute atomic E-state index is 0.00279. The van der Waals surface area contributed by atoms with E-state index in [0.717, 1.165) is 51.4 Å². The SMILES string of the molecule is CCC(C)C(=O)OC1CCCC(O)(CC)CCC1. The van der Waals surface area contributed by atoms with E-state index in [9.17, 15) is 9.90 Å². The molecular weight excluding hydrogens is 228 g/mol. The van der Waals surface area contributed by atoms with Crippen molar-refractivity contribution in [3.05, 3.63) is 0 Å². The Labute approximate surface area is 111 Å². The number of hydrogen-bond acceptors (Lipinski definition) is 3. The molecule has 0 spiro atoms. The molecule has 0 radical (unpaired) electrons. The second-order valence-electron chi connectivity index (χ2n) is 5.73. The van der Waals surface area contributed by atoms with Crippen molar-refractivity contribution < 1.29 is 14.6 Å². The molecule has 1 saturated carbocycles. The molecule has 0 aromatic rings. The molecule has 0 amide bonds. The van der Waals surface area contributed by atoms with Crippen LogP contribution in [0.25, 0.3) is 0 Å². The number of hydrogen-bond donors (Lipinski definition) is 1. The van der Waals surface area contributed by atoms with Gasteiger partial charge in [0.1, 0.15) is 6.10 Å². The Morgan fingerprint density at radius 2 is 1.89 bits per heavy atom. The largest absolute Gasteiger partial charge is 0.462 e. The molecule has 1 aliphatic carbocycles. The molecule has 1 rings (SSSR count). The number of carbonyl (C=O) groups is 1. The Hall–Kier alpha value is -0.570. The van der Waals surface area contributed by atoms with Gasteiger partial charge in [-0.3, -0.25) is 4.79 Å². The summed E-state index contributed by atoms with van der Waals surface area (Å²) in [6, 6.07) is 0. The lowest BCUT2D eigenvalue weighted by Crippen LogP contribution is -2.31. The van der Waals surface area contributed by atoms with Gasteiger partial charge in [0, 0.05) is 0 Å². The summed E-state index contributed by atoms with van der Waals surface area (Å²) in [5.41, 5.74) is -0.480. The van der Waals surface area contributed by atoms with Crippen molar-refractivity contribution in [3.8, 4) is 0 Å². The highest BCUT2D eigenvalue weighted by molar-refractivity contribution is 5.72. The lowest BCUT2D eigenvalue weighted by molar-refractivity contribution is -0.155. The monoisotopic (exact) mass is 256 g/mol. The predicted molar refractivity (Wildman–Crippen MR) is 72.3 cm³/mol. The quantitative estimate of drug-likeness (QED) is 0.784. The third kappa shape index (κ3) is 4.60. The summed E-state index contributed by atoms with van der Waals surface area (Å²) in [6.07, 6.45) is 7.07. The Bertz CT molecular complexity index is 252. The Kier molecular flexibility index (Phi) is 6.13. The van der Waals surface area contributed by atoms with Crippen LogP contribution in [0.15, 0.2) is 0 Å². The summed E-state index contributed by atoms with van der Waals surface area (Å²) < 4.78 is 5.56. The van der Waals surface area contributed by atoms with Crippen LogP contribution in [-0.4, -0.2) is 22.8 Å². The molecule has 1 N–H and O–H groups in total. The van der Waals surface area contributed by atoms with Crippen LogP contribution < -0.4 is 0 Å². The third-order valence-electron chi connectivity index (χ3n) is 4.29. The molecule has 0 saturated heterocycles. The van der Waals surface area contributed by atoms with Gasteiger partial charge in [-0.15, -0.1) is 0 Å². The molecule has 0 heterocycles. The summed E-state index contributed by atoms with van der Waals surface area (Å²) in [5.74, 6) is -0.0585. The molecule has 3 heteroatoms. The van der Waals surface area contributed by atoms with Crippen molar-refractivity contribution in [2.45, 2.75) is 83.8 Å². The molecule has 0 bridgehead atoms. The van der Waals surface area contributed by atoms with Crippen molar-refractivity contribution in [1.82, 2.24) is 0 Å². The van der Waals surface area contributed by atoms with Gasteiger partial charge in [-0.25, -0.2) is 0 Å². The molecule has 0 aromatic carbocycles. The Balaban J connectivity index is 2.41. The fourth-order valence-electron chi connectivity index (χ4n) is 2.51.